The Morgan fingerprint density at radius 1 is 1.11 bits per heavy atom. The van der Waals surface area contributed by atoms with E-state index in [4.69, 9.17) is 0 Å². The van der Waals surface area contributed by atoms with E-state index in [0.29, 0.717) is 31.1 Å². The van der Waals surface area contributed by atoms with E-state index >= 15 is 0 Å². The molecule has 0 unspecified atom stereocenters. The van der Waals surface area contributed by atoms with Crippen molar-refractivity contribution in [1.29, 1.82) is 0 Å². The van der Waals surface area contributed by atoms with E-state index in [1.54, 1.807) is 6.92 Å². The molecule has 1 aliphatic rings. The number of hydrogen-bond donors (Lipinski definition) is 3. The number of benzene rings is 1. The minimum Gasteiger partial charge on any atom is -0.341 e. The van der Waals surface area contributed by atoms with Crippen LogP contribution in [0.15, 0.2) is 17.0 Å². The Morgan fingerprint density at radius 2 is 1.63 bits per heavy atom. The maximum atomic E-state index is 13.1. The summed E-state index contributed by atoms with van der Waals surface area (Å²) in [6.45, 7) is 9.01. The Labute approximate surface area is 161 Å². The number of aryl methyl sites for hydroxylation is 3. The van der Waals surface area contributed by atoms with E-state index in [-0.39, 0.29) is 5.91 Å². The molecule has 3 N–H and O–H groups in total. The highest BCUT2D eigenvalue weighted by Crippen LogP contribution is 2.25. The van der Waals surface area contributed by atoms with Crippen LogP contribution < -0.4 is 15.5 Å². The summed E-state index contributed by atoms with van der Waals surface area (Å²) < 4.78 is 27.7. The normalized spacial score (nSPS) is 17.4. The van der Waals surface area contributed by atoms with Gasteiger partial charge in [-0.25, -0.2) is 13.2 Å². The van der Waals surface area contributed by atoms with Crippen LogP contribution in [0.2, 0.25) is 0 Å². The fraction of sp³-hybridized carbons (Fsp3) is 0.556. The predicted octanol–water partition coefficient (Wildman–Crippen LogP) is -0.655. The Hall–Kier alpha value is -1.97. The largest absolute Gasteiger partial charge is 0.341 e. The summed E-state index contributed by atoms with van der Waals surface area (Å²) in [7, 11) is -2.13. The zero-order valence-corrected chi connectivity index (χ0v) is 17.4. The number of piperazine rings is 1. The van der Waals surface area contributed by atoms with Crippen molar-refractivity contribution in [1.82, 2.24) is 14.9 Å². The third kappa shape index (κ3) is 4.66. The number of imide groups is 1. The zero-order chi connectivity index (χ0) is 20.4. The van der Waals surface area contributed by atoms with Crippen LogP contribution in [0.1, 0.15) is 23.6 Å². The van der Waals surface area contributed by atoms with Gasteiger partial charge in [-0.3, -0.25) is 10.1 Å². The molecule has 1 aromatic rings. The van der Waals surface area contributed by atoms with E-state index in [1.165, 1.54) is 11.4 Å². The molecule has 0 aromatic heterocycles. The molecular formula is C18H29N4O4S+. The number of urea groups is 1. The lowest BCUT2D eigenvalue weighted by Crippen LogP contribution is -3.19. The maximum Gasteiger partial charge on any atom is 0.321 e. The number of amides is 3. The lowest BCUT2D eigenvalue weighted by atomic mass is 10.1. The van der Waals surface area contributed by atoms with Crippen LogP contribution in [0.5, 0.6) is 0 Å². The average Bonchev–Trinajstić information content (AvgIpc) is 2.59. The van der Waals surface area contributed by atoms with E-state index in [2.05, 4.69) is 10.6 Å². The number of hydrogen-bond acceptors (Lipinski definition) is 4. The molecular weight excluding hydrogens is 368 g/mol. The van der Waals surface area contributed by atoms with Gasteiger partial charge in [0.2, 0.25) is 10.0 Å². The van der Waals surface area contributed by atoms with Gasteiger partial charge in [0.05, 0.1) is 31.1 Å². The molecule has 1 aromatic carbocycles. The highest BCUT2D eigenvalue weighted by Gasteiger charge is 2.35. The van der Waals surface area contributed by atoms with Crippen molar-refractivity contribution in [3.8, 4) is 0 Å². The molecule has 1 atom stereocenters. The second-order valence-corrected chi connectivity index (χ2v) is 8.96. The third-order valence-corrected chi connectivity index (χ3v) is 7.24. The van der Waals surface area contributed by atoms with Gasteiger partial charge in [0, 0.05) is 7.05 Å². The Bertz CT molecular complexity index is 807. The Kier molecular flexibility index (Phi) is 6.61. The van der Waals surface area contributed by atoms with Crippen LogP contribution in [0.4, 0.5) is 4.79 Å². The summed E-state index contributed by atoms with van der Waals surface area (Å²) in [4.78, 5) is 24.7. The fourth-order valence-electron chi connectivity index (χ4n) is 3.62. The first kappa shape index (κ1) is 21.3. The van der Waals surface area contributed by atoms with Gasteiger partial charge < -0.3 is 10.2 Å². The van der Waals surface area contributed by atoms with Gasteiger partial charge in [-0.05, 0) is 38.8 Å². The fourth-order valence-corrected chi connectivity index (χ4v) is 5.47. The lowest BCUT2D eigenvalue weighted by molar-refractivity contribution is -0.917. The molecule has 3 amide bonds. The predicted molar refractivity (Wildman–Crippen MR) is 102 cm³/mol. The second kappa shape index (κ2) is 8.37. The van der Waals surface area contributed by atoms with E-state index in [0.717, 1.165) is 21.6 Å². The van der Waals surface area contributed by atoms with Crippen LogP contribution in [0.3, 0.4) is 0 Å². The van der Waals surface area contributed by atoms with Gasteiger partial charge >= 0.3 is 6.03 Å². The molecule has 0 spiro atoms. The van der Waals surface area contributed by atoms with Gasteiger partial charge in [0.1, 0.15) is 0 Å². The van der Waals surface area contributed by atoms with Crippen molar-refractivity contribution in [2.75, 3.05) is 33.2 Å². The summed E-state index contributed by atoms with van der Waals surface area (Å²) in [5.41, 5.74) is 2.54. The van der Waals surface area contributed by atoms with Gasteiger partial charge in [-0.1, -0.05) is 17.7 Å². The van der Waals surface area contributed by atoms with Crippen molar-refractivity contribution in [2.24, 2.45) is 0 Å². The highest BCUT2D eigenvalue weighted by molar-refractivity contribution is 7.89. The molecule has 9 heteroatoms. The second-order valence-electron chi connectivity index (χ2n) is 7.08. The molecule has 0 saturated carbocycles. The molecule has 1 aliphatic heterocycles. The van der Waals surface area contributed by atoms with Gasteiger partial charge in [-0.2, -0.15) is 4.31 Å². The molecule has 0 aliphatic carbocycles. The SMILES string of the molecule is CNC(=O)NC(=O)[C@@H](C)[NH+]1CCN(S(=O)(=O)c2c(C)cc(C)cc2C)CC1. The molecule has 1 saturated heterocycles. The molecule has 0 radical (unpaired) electrons. The van der Waals surface area contributed by atoms with Gasteiger partial charge in [-0.15, -0.1) is 0 Å². The molecule has 27 heavy (non-hydrogen) atoms. The number of carbonyl (C=O) groups excluding carboxylic acids is 2. The number of rotatable bonds is 4. The van der Waals surface area contributed by atoms with Crippen LogP contribution in [0, 0.1) is 20.8 Å². The molecule has 1 heterocycles. The smallest absolute Gasteiger partial charge is 0.321 e. The lowest BCUT2D eigenvalue weighted by Gasteiger charge is -2.34. The highest BCUT2D eigenvalue weighted by atomic mass is 32.2. The van der Waals surface area contributed by atoms with Crippen LogP contribution >= 0.6 is 0 Å². The number of nitrogens with zero attached hydrogens (tertiary/aromatic N) is 1. The number of sulfonamides is 1. The first-order chi connectivity index (χ1) is 12.6. The van der Waals surface area contributed by atoms with E-state index < -0.39 is 22.1 Å². The topological polar surface area (TPSA) is 100 Å². The van der Waals surface area contributed by atoms with Crippen molar-refractivity contribution in [3.63, 3.8) is 0 Å². The number of nitrogens with one attached hydrogen (secondary N) is 3. The Balaban J connectivity index is 2.09. The van der Waals surface area contributed by atoms with Crippen LogP contribution in [-0.2, 0) is 14.8 Å². The van der Waals surface area contributed by atoms with Gasteiger partial charge in [0.25, 0.3) is 5.91 Å². The van der Waals surface area contributed by atoms with Crippen molar-refractivity contribution >= 4 is 22.0 Å². The van der Waals surface area contributed by atoms with Crippen LogP contribution in [0.25, 0.3) is 0 Å². The molecule has 2 rings (SSSR count). The summed E-state index contributed by atoms with van der Waals surface area (Å²) in [6.07, 6.45) is 0. The van der Waals surface area contributed by atoms with E-state index in [1.807, 2.05) is 32.9 Å². The maximum absolute atomic E-state index is 13.1. The van der Waals surface area contributed by atoms with Gasteiger partial charge in [0.15, 0.2) is 6.04 Å². The van der Waals surface area contributed by atoms with Crippen LogP contribution in [-0.4, -0.2) is 63.9 Å². The first-order valence-corrected chi connectivity index (χ1v) is 10.5. The number of carbonyl (C=O) groups is 2. The summed E-state index contributed by atoms with van der Waals surface area (Å²) in [6, 6.07) is 2.78. The molecule has 0 bridgehead atoms. The minimum absolute atomic E-state index is 0.335. The number of quaternary nitrogens is 1. The third-order valence-electron chi connectivity index (χ3n) is 5.04. The monoisotopic (exact) mass is 397 g/mol. The van der Waals surface area contributed by atoms with Crippen molar-refractivity contribution in [2.45, 2.75) is 38.6 Å². The average molecular weight is 398 g/mol. The summed E-state index contributed by atoms with van der Waals surface area (Å²) in [5.74, 6) is -0.370. The Morgan fingerprint density at radius 3 is 2.11 bits per heavy atom. The quantitative estimate of drug-likeness (QED) is 0.628. The molecule has 1 fully saturated rings. The molecule has 8 nitrogen and oxygen atoms in total. The van der Waals surface area contributed by atoms with Crippen molar-refractivity contribution < 1.29 is 22.9 Å². The standard InChI is InChI=1S/C18H28N4O4S/c1-12-10-13(2)16(14(3)11-12)27(25,26)22-8-6-21(7-9-22)15(4)17(23)20-18(24)19-5/h10-11,15H,6-9H2,1-5H3,(H2,19,20,23,24)/p+1/t15-/m1/s1. The minimum atomic E-state index is -3.58. The van der Waals surface area contributed by atoms with E-state index in [9.17, 15) is 18.0 Å². The zero-order valence-electron chi connectivity index (χ0n) is 16.5. The van der Waals surface area contributed by atoms with Crippen molar-refractivity contribution in [3.05, 3.63) is 28.8 Å². The first-order valence-electron chi connectivity index (χ1n) is 9.03. The summed E-state index contributed by atoms with van der Waals surface area (Å²) >= 11 is 0. The summed E-state index contributed by atoms with van der Waals surface area (Å²) in [5, 5.41) is 4.62. The molecule has 150 valence electrons.